The van der Waals surface area contributed by atoms with Crippen molar-refractivity contribution in [3.63, 3.8) is 0 Å². The zero-order valence-electron chi connectivity index (χ0n) is 8.22. The van der Waals surface area contributed by atoms with Crippen molar-refractivity contribution in [2.75, 3.05) is 0 Å². The van der Waals surface area contributed by atoms with Gasteiger partial charge in [-0.05, 0) is 46.5 Å². The van der Waals surface area contributed by atoms with Gasteiger partial charge in [-0.25, -0.2) is 4.39 Å². The second-order valence-electron chi connectivity index (χ2n) is 3.27. The number of rotatable bonds is 2. The van der Waals surface area contributed by atoms with Gasteiger partial charge in [0, 0.05) is 4.90 Å². The van der Waals surface area contributed by atoms with Crippen LogP contribution in [0, 0.1) is 5.82 Å². The SMILES string of the molecule is O=S([O-])c1cccc(-c2ccc(F)cc2)c1. The quantitative estimate of drug-likeness (QED) is 0.751. The monoisotopic (exact) mass is 235 g/mol. The van der Waals surface area contributed by atoms with Crippen molar-refractivity contribution in [2.45, 2.75) is 4.90 Å². The Balaban J connectivity index is 2.44. The van der Waals surface area contributed by atoms with Gasteiger partial charge in [0.15, 0.2) is 0 Å². The predicted octanol–water partition coefficient (Wildman–Crippen LogP) is 2.73. The van der Waals surface area contributed by atoms with E-state index in [0.29, 0.717) is 0 Å². The molecule has 0 aliphatic carbocycles. The van der Waals surface area contributed by atoms with Crippen molar-refractivity contribution in [2.24, 2.45) is 0 Å². The molecule has 0 N–H and O–H groups in total. The highest BCUT2D eigenvalue weighted by molar-refractivity contribution is 7.79. The Labute approximate surface area is 95.0 Å². The molecule has 4 heteroatoms. The van der Waals surface area contributed by atoms with Crippen LogP contribution in [0.25, 0.3) is 11.1 Å². The lowest BCUT2D eigenvalue weighted by atomic mass is 10.1. The molecule has 82 valence electrons. The Kier molecular flexibility index (Phi) is 3.12. The molecule has 0 aliphatic rings. The topological polar surface area (TPSA) is 40.1 Å². The molecule has 0 bridgehead atoms. The van der Waals surface area contributed by atoms with E-state index in [-0.39, 0.29) is 10.7 Å². The van der Waals surface area contributed by atoms with Crippen LogP contribution in [-0.2, 0) is 11.1 Å². The van der Waals surface area contributed by atoms with Crippen molar-refractivity contribution < 1.29 is 13.2 Å². The van der Waals surface area contributed by atoms with E-state index in [4.69, 9.17) is 0 Å². The van der Waals surface area contributed by atoms with Gasteiger partial charge >= 0.3 is 0 Å². The van der Waals surface area contributed by atoms with Gasteiger partial charge in [-0.2, -0.15) is 0 Å². The molecular formula is C12H8FO2S-. The van der Waals surface area contributed by atoms with E-state index in [2.05, 4.69) is 0 Å². The van der Waals surface area contributed by atoms with Crippen LogP contribution in [0.3, 0.4) is 0 Å². The number of hydrogen-bond donors (Lipinski definition) is 0. The van der Waals surface area contributed by atoms with E-state index >= 15 is 0 Å². The number of halogens is 1. The first kappa shape index (κ1) is 11.0. The summed E-state index contributed by atoms with van der Waals surface area (Å²) < 4.78 is 34.3. The molecule has 2 rings (SSSR count). The summed E-state index contributed by atoms with van der Waals surface area (Å²) in [6.45, 7) is 0. The summed E-state index contributed by atoms with van der Waals surface area (Å²) in [6, 6.07) is 12.4. The van der Waals surface area contributed by atoms with Gasteiger partial charge in [0.25, 0.3) is 0 Å². The van der Waals surface area contributed by atoms with Crippen molar-refractivity contribution in [3.8, 4) is 11.1 Å². The molecule has 0 aromatic heterocycles. The van der Waals surface area contributed by atoms with Gasteiger partial charge in [-0.1, -0.05) is 24.3 Å². The highest BCUT2D eigenvalue weighted by Gasteiger charge is 1.99. The summed E-state index contributed by atoms with van der Waals surface area (Å²) in [5.41, 5.74) is 1.54. The van der Waals surface area contributed by atoms with Crippen molar-refractivity contribution >= 4 is 11.1 Å². The van der Waals surface area contributed by atoms with Crippen LogP contribution in [0.5, 0.6) is 0 Å². The third-order valence-electron chi connectivity index (χ3n) is 2.20. The molecule has 0 saturated carbocycles. The molecule has 2 aromatic rings. The lowest BCUT2D eigenvalue weighted by Crippen LogP contribution is -1.89. The minimum Gasteiger partial charge on any atom is -0.768 e. The molecule has 0 spiro atoms. The van der Waals surface area contributed by atoms with Crippen molar-refractivity contribution in [1.82, 2.24) is 0 Å². The highest BCUT2D eigenvalue weighted by atomic mass is 32.2. The molecule has 0 heterocycles. The van der Waals surface area contributed by atoms with Crippen LogP contribution in [-0.4, -0.2) is 8.76 Å². The molecule has 2 aromatic carbocycles. The minimum absolute atomic E-state index is 0.224. The highest BCUT2D eigenvalue weighted by Crippen LogP contribution is 2.21. The van der Waals surface area contributed by atoms with E-state index in [1.54, 1.807) is 30.3 Å². The standard InChI is InChI=1S/C12H9FO2S/c13-11-6-4-9(5-7-11)10-2-1-3-12(8-10)16(14)15/h1-8H,(H,14,15)/p-1. The Morgan fingerprint density at radius 2 is 1.69 bits per heavy atom. The normalized spacial score (nSPS) is 12.4. The zero-order valence-corrected chi connectivity index (χ0v) is 9.04. The van der Waals surface area contributed by atoms with Gasteiger partial charge in [-0.15, -0.1) is 0 Å². The Bertz CT molecular complexity index is 523. The third kappa shape index (κ3) is 2.35. The van der Waals surface area contributed by atoms with Gasteiger partial charge in [0.05, 0.1) is 0 Å². The van der Waals surface area contributed by atoms with Crippen molar-refractivity contribution in [3.05, 3.63) is 54.3 Å². The molecular weight excluding hydrogens is 227 g/mol. The van der Waals surface area contributed by atoms with E-state index in [1.807, 2.05) is 0 Å². The molecule has 0 amide bonds. The lowest BCUT2D eigenvalue weighted by Gasteiger charge is -2.07. The van der Waals surface area contributed by atoms with E-state index in [9.17, 15) is 13.2 Å². The lowest BCUT2D eigenvalue weighted by molar-refractivity contribution is 0.537. The molecule has 1 atom stereocenters. The summed E-state index contributed by atoms with van der Waals surface area (Å²) in [5, 5.41) is 0. The van der Waals surface area contributed by atoms with E-state index < -0.39 is 11.1 Å². The molecule has 16 heavy (non-hydrogen) atoms. The first-order chi connectivity index (χ1) is 7.66. The maximum absolute atomic E-state index is 12.7. The largest absolute Gasteiger partial charge is 0.768 e. The van der Waals surface area contributed by atoms with Crippen LogP contribution in [0.1, 0.15) is 0 Å². The van der Waals surface area contributed by atoms with Gasteiger partial charge in [0.2, 0.25) is 0 Å². The Hall–Kier alpha value is -1.52. The zero-order chi connectivity index (χ0) is 11.5. The smallest absolute Gasteiger partial charge is 0.123 e. The summed E-state index contributed by atoms with van der Waals surface area (Å²) in [6.07, 6.45) is 0. The number of hydrogen-bond acceptors (Lipinski definition) is 2. The molecule has 2 nitrogen and oxygen atoms in total. The summed E-state index contributed by atoms with van der Waals surface area (Å²) in [7, 11) is 0. The van der Waals surface area contributed by atoms with Crippen LogP contribution >= 0.6 is 0 Å². The van der Waals surface area contributed by atoms with Gasteiger partial charge in [-0.3, -0.25) is 4.21 Å². The second kappa shape index (κ2) is 4.55. The van der Waals surface area contributed by atoms with Gasteiger partial charge < -0.3 is 4.55 Å². The molecule has 0 aliphatic heterocycles. The van der Waals surface area contributed by atoms with Crippen LogP contribution in [0.4, 0.5) is 4.39 Å². The molecule has 1 unspecified atom stereocenters. The fraction of sp³-hybridized carbons (Fsp3) is 0. The Morgan fingerprint density at radius 1 is 1.00 bits per heavy atom. The van der Waals surface area contributed by atoms with Crippen LogP contribution < -0.4 is 0 Å². The van der Waals surface area contributed by atoms with Crippen LogP contribution in [0.15, 0.2) is 53.4 Å². The summed E-state index contributed by atoms with van der Waals surface area (Å²) >= 11 is -2.24. The fourth-order valence-electron chi connectivity index (χ4n) is 1.42. The first-order valence-corrected chi connectivity index (χ1v) is 5.69. The summed E-state index contributed by atoms with van der Waals surface area (Å²) in [4.78, 5) is 0.224. The maximum atomic E-state index is 12.7. The van der Waals surface area contributed by atoms with Crippen molar-refractivity contribution in [1.29, 1.82) is 0 Å². The van der Waals surface area contributed by atoms with Gasteiger partial charge in [0.1, 0.15) is 5.82 Å². The van der Waals surface area contributed by atoms with E-state index in [0.717, 1.165) is 11.1 Å². The fourth-order valence-corrected chi connectivity index (χ4v) is 1.83. The first-order valence-electron chi connectivity index (χ1n) is 4.62. The van der Waals surface area contributed by atoms with Crippen LogP contribution in [0.2, 0.25) is 0 Å². The van der Waals surface area contributed by atoms with E-state index in [1.165, 1.54) is 18.2 Å². The second-order valence-corrected chi connectivity index (χ2v) is 4.21. The molecule has 0 radical (unpaired) electrons. The number of benzene rings is 2. The average molecular weight is 235 g/mol. The molecule has 0 fully saturated rings. The summed E-state index contributed by atoms with van der Waals surface area (Å²) in [5.74, 6) is -0.313. The third-order valence-corrected chi connectivity index (χ3v) is 2.84. The molecule has 0 saturated heterocycles. The Morgan fingerprint density at radius 3 is 2.31 bits per heavy atom. The minimum atomic E-state index is -2.24. The average Bonchev–Trinajstić information content (AvgIpc) is 2.30. The predicted molar refractivity (Wildman–Crippen MR) is 59.0 cm³/mol. The maximum Gasteiger partial charge on any atom is 0.123 e.